The maximum atomic E-state index is 14.5. The molecule has 5 aromatic rings. The molecule has 0 bridgehead atoms. The largest absolute Gasteiger partial charge is 0.497 e. The first-order valence-electron chi connectivity index (χ1n) is 17.9. The molecule has 11 nitrogen and oxygen atoms in total. The predicted octanol–water partition coefficient (Wildman–Crippen LogP) is 8.73. The van der Waals surface area contributed by atoms with E-state index in [2.05, 4.69) is 21.1 Å². The highest BCUT2D eigenvalue weighted by Crippen LogP contribution is 2.34. The van der Waals surface area contributed by atoms with Crippen molar-refractivity contribution in [2.45, 2.75) is 37.8 Å². The van der Waals surface area contributed by atoms with Gasteiger partial charge in [0.05, 0.1) is 30.9 Å². The van der Waals surface area contributed by atoms with Crippen LogP contribution in [0, 0.1) is 23.3 Å². The van der Waals surface area contributed by atoms with Crippen LogP contribution in [0.1, 0.15) is 47.2 Å². The van der Waals surface area contributed by atoms with E-state index in [4.69, 9.17) is 55.2 Å². The van der Waals surface area contributed by atoms with E-state index in [1.54, 1.807) is 54.6 Å². The normalized spacial score (nSPS) is 17.7. The third-order valence-corrected chi connectivity index (χ3v) is 11.1. The fourth-order valence-electron chi connectivity index (χ4n) is 6.24. The van der Waals surface area contributed by atoms with Gasteiger partial charge in [0.15, 0.2) is 17.4 Å². The van der Waals surface area contributed by atoms with Gasteiger partial charge in [-0.3, -0.25) is 14.4 Å². The van der Waals surface area contributed by atoms with Crippen molar-refractivity contribution in [3.8, 4) is 22.8 Å². The minimum Gasteiger partial charge on any atom is -0.497 e. The first kappa shape index (κ1) is 48.5. The lowest BCUT2D eigenvalue weighted by molar-refractivity contribution is -0.120. The molecule has 0 radical (unpaired) electrons. The Morgan fingerprint density at radius 2 is 1.31 bits per heavy atom. The van der Waals surface area contributed by atoms with Gasteiger partial charge in [-0.25, -0.2) is 17.6 Å². The number of benzene rings is 4. The van der Waals surface area contributed by atoms with Gasteiger partial charge in [0.25, 0.3) is 0 Å². The number of carbonyl (C=O) groups excluding carboxylic acids is 3. The molecule has 5 N–H and O–H groups in total. The lowest BCUT2D eigenvalue weighted by Crippen LogP contribution is -2.33. The zero-order valence-electron chi connectivity index (χ0n) is 32.0. The van der Waals surface area contributed by atoms with Crippen LogP contribution in [0.25, 0.3) is 11.3 Å². The van der Waals surface area contributed by atoms with Crippen molar-refractivity contribution >= 4 is 74.8 Å². The number of carbonyl (C=O) groups is 3. The van der Waals surface area contributed by atoms with Gasteiger partial charge >= 0.3 is 0 Å². The van der Waals surface area contributed by atoms with Crippen molar-refractivity contribution in [3.05, 3.63) is 129 Å². The number of halogens is 6. The van der Waals surface area contributed by atoms with E-state index in [1.807, 2.05) is 6.26 Å². The van der Waals surface area contributed by atoms with Crippen molar-refractivity contribution in [1.82, 2.24) is 15.8 Å². The van der Waals surface area contributed by atoms with Gasteiger partial charge in [-0.15, -0.1) is 11.8 Å². The smallest absolute Gasteiger partial charge is 0.243 e. The van der Waals surface area contributed by atoms with E-state index in [1.165, 1.54) is 26.0 Å². The van der Waals surface area contributed by atoms with E-state index in [-0.39, 0.29) is 60.7 Å². The number of anilines is 1. The van der Waals surface area contributed by atoms with Crippen molar-refractivity contribution in [1.29, 1.82) is 0 Å². The molecule has 2 amide bonds. The van der Waals surface area contributed by atoms with Crippen LogP contribution in [0.15, 0.2) is 83.4 Å². The second kappa shape index (κ2) is 22.1. The SMILES string of the molecule is C.COc1cc(F)c([C@@H]2CNC(=O)[C@H]2N)c(F)c1.COc1cc(F)c([C@@H]2CNC(=O)[C@H]2Nc2cc(-c3ccc(Cl)cc3)on2)c(F)c1.CSC(=S)CC(=O)c1ccc(Cl)cc1. The highest BCUT2D eigenvalue weighted by molar-refractivity contribution is 8.22. The third-order valence-electron chi connectivity index (χ3n) is 9.37. The van der Waals surface area contributed by atoms with Crippen LogP contribution in [0.4, 0.5) is 23.4 Å². The van der Waals surface area contributed by atoms with Crippen LogP contribution < -0.4 is 31.2 Å². The quantitative estimate of drug-likeness (QED) is 0.0604. The third kappa shape index (κ3) is 12.2. The molecule has 19 heteroatoms. The summed E-state index contributed by atoms with van der Waals surface area (Å²) >= 11 is 18.0. The van der Waals surface area contributed by atoms with Crippen LogP contribution in [0.2, 0.25) is 10.0 Å². The van der Waals surface area contributed by atoms with E-state index < -0.39 is 53.1 Å². The Hall–Kier alpha value is -5.20. The first-order valence-corrected chi connectivity index (χ1v) is 20.2. The Morgan fingerprint density at radius 1 is 0.836 bits per heavy atom. The van der Waals surface area contributed by atoms with Gasteiger partial charge in [0.2, 0.25) is 11.8 Å². The molecule has 2 aliphatic heterocycles. The van der Waals surface area contributed by atoms with Crippen molar-refractivity contribution in [2.75, 3.05) is 38.9 Å². The number of amides is 2. The molecule has 2 aliphatic rings. The maximum Gasteiger partial charge on any atom is 0.243 e. The number of rotatable bonds is 10. The summed E-state index contributed by atoms with van der Waals surface area (Å²) in [6, 6.07) is 17.9. The second-order valence-electron chi connectivity index (χ2n) is 13.1. The minimum atomic E-state index is -0.924. The maximum absolute atomic E-state index is 14.5. The summed E-state index contributed by atoms with van der Waals surface area (Å²) < 4.78 is 72.1. The fraction of sp³-hybridized carbons (Fsp3) is 0.262. The topological polar surface area (TPSA) is 158 Å². The molecule has 7 rings (SSSR count). The minimum absolute atomic E-state index is 0. The molecule has 0 saturated carbocycles. The number of ketones is 1. The molecule has 0 aliphatic carbocycles. The van der Waals surface area contributed by atoms with Crippen molar-refractivity contribution < 1.29 is 45.9 Å². The lowest BCUT2D eigenvalue weighted by Gasteiger charge is -2.19. The molecule has 0 unspecified atom stereocenters. The number of methoxy groups -OCH3 is 2. The Bertz CT molecular complexity index is 2310. The summed E-state index contributed by atoms with van der Waals surface area (Å²) in [4.78, 5) is 35.1. The standard InChI is InChI=1S/C20H16ClF2N3O3.C11H12F2N2O2.C10H9ClOS2.CH4/c1-28-12-6-14(22)18(15(23)7-12)13-9-24-20(27)19(13)25-17-8-16(29-26-17)10-2-4-11(21)5-3-10;1-17-5-2-7(12)9(8(13)3-5)6-4-15-11(16)10(6)14;1-14-10(13)6-9(12)7-2-4-8(11)5-3-7;/h2-8,13,19H,9H2,1H3,(H,24,27)(H,25,26);2-3,6,10H,4,14H2,1H3,(H,15,16);2-5H,6H2,1H3;1H4/t13-,19-;6-,10-;;/m00../s1. The molecule has 4 aromatic carbocycles. The number of ether oxygens (including phenoxy) is 2. The monoisotopic (exact) mass is 921 g/mol. The van der Waals surface area contributed by atoms with Crippen LogP contribution in [0.5, 0.6) is 11.5 Å². The fourth-order valence-corrected chi connectivity index (χ4v) is 6.89. The molecule has 4 atom stereocenters. The number of nitrogens with zero attached hydrogens (tertiary/aromatic N) is 1. The van der Waals surface area contributed by atoms with E-state index in [0.717, 1.165) is 29.8 Å². The Morgan fingerprint density at radius 3 is 1.79 bits per heavy atom. The number of thioether (sulfide) groups is 1. The van der Waals surface area contributed by atoms with Crippen LogP contribution >= 0.6 is 47.2 Å². The van der Waals surface area contributed by atoms with Crippen LogP contribution in [0.3, 0.4) is 0 Å². The average molecular weight is 923 g/mol. The molecular weight excluding hydrogens is 882 g/mol. The Kier molecular flexibility index (Phi) is 17.5. The number of nitrogens with one attached hydrogen (secondary N) is 3. The van der Waals surface area contributed by atoms with Gasteiger partial charge < -0.3 is 35.7 Å². The first-order chi connectivity index (χ1) is 28.6. The molecular formula is C42H41Cl2F4N5O6S2. The van der Waals surface area contributed by atoms with Gasteiger partial charge in [0, 0.05) is 87.6 Å². The zero-order valence-corrected chi connectivity index (χ0v) is 35.1. The average Bonchev–Trinajstić information content (AvgIpc) is 3.94. The Balaban J connectivity index is 0.000000218. The van der Waals surface area contributed by atoms with Crippen LogP contribution in [-0.2, 0) is 9.59 Å². The number of hydrogen-bond donors (Lipinski definition) is 4. The lowest BCUT2D eigenvalue weighted by atomic mass is 9.92. The number of Topliss-reactive ketones (excluding diaryl/α,β-unsaturated/α-hetero) is 1. The van der Waals surface area contributed by atoms with E-state index >= 15 is 0 Å². The molecule has 2 saturated heterocycles. The summed E-state index contributed by atoms with van der Waals surface area (Å²) in [7, 11) is 2.64. The van der Waals surface area contributed by atoms with Crippen molar-refractivity contribution in [2.24, 2.45) is 5.73 Å². The summed E-state index contributed by atoms with van der Waals surface area (Å²) in [6.45, 7) is 0.221. The number of aromatic nitrogens is 1. The molecule has 324 valence electrons. The summed E-state index contributed by atoms with van der Waals surface area (Å²) in [5.41, 5.74) is 6.63. The van der Waals surface area contributed by atoms with Crippen molar-refractivity contribution in [3.63, 3.8) is 0 Å². The van der Waals surface area contributed by atoms with Gasteiger partial charge in [0.1, 0.15) is 40.8 Å². The van der Waals surface area contributed by atoms with E-state index in [9.17, 15) is 31.9 Å². The predicted molar refractivity (Wildman–Crippen MR) is 233 cm³/mol. The van der Waals surface area contributed by atoms with Gasteiger partial charge in [-0.2, -0.15) is 0 Å². The highest BCUT2D eigenvalue weighted by atomic mass is 35.5. The summed E-state index contributed by atoms with van der Waals surface area (Å²) in [5, 5.41) is 13.1. The molecule has 1 aromatic heterocycles. The van der Waals surface area contributed by atoms with Gasteiger partial charge in [-0.05, 0) is 54.8 Å². The molecule has 3 heterocycles. The van der Waals surface area contributed by atoms with Gasteiger partial charge in [-0.1, -0.05) is 48.0 Å². The summed E-state index contributed by atoms with van der Waals surface area (Å²) in [5.74, 6) is -4.38. The number of thiocarbonyl (C=S) groups is 1. The number of nitrogens with two attached hydrogens (primary N) is 1. The molecule has 0 spiro atoms. The van der Waals surface area contributed by atoms with Crippen LogP contribution in [-0.4, -0.2) is 72.6 Å². The Labute approximate surface area is 369 Å². The highest BCUT2D eigenvalue weighted by Gasteiger charge is 2.40. The molecule has 2 fully saturated rings. The number of hydrogen-bond acceptors (Lipinski definition) is 11. The molecule has 61 heavy (non-hydrogen) atoms. The zero-order chi connectivity index (χ0) is 43.7. The summed E-state index contributed by atoms with van der Waals surface area (Å²) in [6.07, 6.45) is 2.19. The van der Waals surface area contributed by atoms with E-state index in [0.29, 0.717) is 32.0 Å². The second-order valence-corrected chi connectivity index (χ2v) is 15.7.